The summed E-state index contributed by atoms with van der Waals surface area (Å²) in [5.74, 6) is 0.478. The summed E-state index contributed by atoms with van der Waals surface area (Å²) < 4.78 is 4.77. The van der Waals surface area contributed by atoms with Crippen LogP contribution in [0.5, 0.6) is 0 Å². The molecule has 0 aliphatic heterocycles. The Hall–Kier alpha value is -1.77. The Morgan fingerprint density at radius 1 is 1.43 bits per heavy atom. The number of nitrogens with zero attached hydrogens (tertiary/aromatic N) is 1. The van der Waals surface area contributed by atoms with Crippen LogP contribution in [0.15, 0.2) is 35.1 Å². The van der Waals surface area contributed by atoms with Gasteiger partial charge in [0, 0.05) is 12.0 Å². The fourth-order valence-corrected chi connectivity index (χ4v) is 1.44. The van der Waals surface area contributed by atoms with Crippen molar-refractivity contribution in [2.75, 3.05) is 5.73 Å². The molecule has 0 aliphatic carbocycles. The average molecular weight is 188 g/mol. The van der Waals surface area contributed by atoms with Crippen LogP contribution in [-0.2, 0) is 6.42 Å². The van der Waals surface area contributed by atoms with Crippen LogP contribution in [0, 0.1) is 6.92 Å². The van der Waals surface area contributed by atoms with E-state index in [1.165, 1.54) is 11.1 Å². The smallest absolute Gasteiger partial charge is 0.170 e. The highest BCUT2D eigenvalue weighted by Crippen LogP contribution is 2.15. The van der Waals surface area contributed by atoms with Gasteiger partial charge in [-0.1, -0.05) is 35.0 Å². The first-order valence-corrected chi connectivity index (χ1v) is 4.50. The molecule has 2 N–H and O–H groups in total. The largest absolute Gasteiger partial charge is 0.381 e. The number of aryl methyl sites for hydroxylation is 1. The minimum Gasteiger partial charge on any atom is -0.381 e. The third-order valence-electron chi connectivity index (χ3n) is 2.15. The molecule has 2 rings (SSSR count). The van der Waals surface area contributed by atoms with Crippen molar-refractivity contribution >= 4 is 5.82 Å². The van der Waals surface area contributed by atoms with Crippen molar-refractivity contribution in [1.82, 2.24) is 5.16 Å². The van der Waals surface area contributed by atoms with E-state index in [9.17, 15) is 0 Å². The van der Waals surface area contributed by atoms with Crippen molar-refractivity contribution < 1.29 is 4.52 Å². The van der Waals surface area contributed by atoms with Gasteiger partial charge in [-0.2, -0.15) is 0 Å². The molecule has 0 saturated carbocycles. The quantitative estimate of drug-likeness (QED) is 0.785. The van der Waals surface area contributed by atoms with Gasteiger partial charge in [0.15, 0.2) is 5.82 Å². The van der Waals surface area contributed by atoms with Crippen molar-refractivity contribution in [3.63, 3.8) is 0 Å². The van der Waals surface area contributed by atoms with Crippen LogP contribution in [-0.4, -0.2) is 5.16 Å². The third-order valence-corrected chi connectivity index (χ3v) is 2.15. The molecule has 0 fully saturated rings. The van der Waals surface area contributed by atoms with Crippen LogP contribution >= 0.6 is 0 Å². The molecule has 0 bridgehead atoms. The first-order valence-electron chi connectivity index (χ1n) is 4.50. The third kappa shape index (κ3) is 1.76. The SMILES string of the molecule is Cc1cccc(Cc2conc2N)c1. The summed E-state index contributed by atoms with van der Waals surface area (Å²) in [5.41, 5.74) is 9.03. The van der Waals surface area contributed by atoms with Crippen molar-refractivity contribution in [3.05, 3.63) is 47.2 Å². The Bertz CT molecular complexity index is 434. The van der Waals surface area contributed by atoms with Crippen LogP contribution in [0.2, 0.25) is 0 Å². The van der Waals surface area contributed by atoms with Gasteiger partial charge in [0.25, 0.3) is 0 Å². The summed E-state index contributed by atoms with van der Waals surface area (Å²) >= 11 is 0. The second kappa shape index (κ2) is 3.54. The number of nitrogens with two attached hydrogens (primary N) is 1. The van der Waals surface area contributed by atoms with Crippen LogP contribution in [0.3, 0.4) is 0 Å². The molecule has 1 heterocycles. The zero-order valence-corrected chi connectivity index (χ0v) is 8.03. The van der Waals surface area contributed by atoms with E-state index in [-0.39, 0.29) is 0 Å². The van der Waals surface area contributed by atoms with Crippen molar-refractivity contribution in [2.45, 2.75) is 13.3 Å². The van der Waals surface area contributed by atoms with E-state index < -0.39 is 0 Å². The Morgan fingerprint density at radius 3 is 2.93 bits per heavy atom. The number of nitrogen functional groups attached to an aromatic ring is 1. The second-order valence-corrected chi connectivity index (χ2v) is 3.39. The van der Waals surface area contributed by atoms with Gasteiger partial charge >= 0.3 is 0 Å². The lowest BCUT2D eigenvalue weighted by atomic mass is 10.1. The molecule has 72 valence electrons. The van der Waals surface area contributed by atoms with E-state index in [1.54, 1.807) is 6.26 Å². The first-order chi connectivity index (χ1) is 6.75. The molecule has 3 nitrogen and oxygen atoms in total. The average Bonchev–Trinajstić information content (AvgIpc) is 2.52. The number of benzene rings is 1. The summed E-state index contributed by atoms with van der Waals surface area (Å²) in [6.45, 7) is 2.07. The van der Waals surface area contributed by atoms with E-state index >= 15 is 0 Å². The number of hydrogen-bond acceptors (Lipinski definition) is 3. The first kappa shape index (κ1) is 8.81. The highest BCUT2D eigenvalue weighted by Gasteiger charge is 2.04. The molecule has 1 aromatic carbocycles. The van der Waals surface area contributed by atoms with Gasteiger partial charge in [0.1, 0.15) is 6.26 Å². The molecule has 14 heavy (non-hydrogen) atoms. The van der Waals surface area contributed by atoms with E-state index in [0.717, 1.165) is 12.0 Å². The molecule has 2 aromatic rings. The number of hydrogen-bond donors (Lipinski definition) is 1. The topological polar surface area (TPSA) is 52.0 Å². The molecule has 1 aromatic heterocycles. The second-order valence-electron chi connectivity index (χ2n) is 3.39. The van der Waals surface area contributed by atoms with E-state index in [4.69, 9.17) is 10.3 Å². The van der Waals surface area contributed by atoms with Crippen molar-refractivity contribution in [2.24, 2.45) is 0 Å². The molecule has 0 amide bonds. The van der Waals surface area contributed by atoms with Crippen molar-refractivity contribution in [3.8, 4) is 0 Å². The molecular formula is C11H12N2O. The Morgan fingerprint density at radius 2 is 2.29 bits per heavy atom. The molecule has 0 aliphatic rings. The summed E-state index contributed by atoms with van der Waals surface area (Å²) in [5, 5.41) is 3.64. The van der Waals surface area contributed by atoms with Gasteiger partial charge in [-0.25, -0.2) is 0 Å². The number of anilines is 1. The van der Waals surface area contributed by atoms with Crippen LogP contribution in [0.25, 0.3) is 0 Å². The van der Waals surface area contributed by atoms with E-state index in [0.29, 0.717) is 5.82 Å². The van der Waals surface area contributed by atoms with Crippen LogP contribution in [0.4, 0.5) is 5.82 Å². The predicted octanol–water partition coefficient (Wildman–Crippen LogP) is 2.16. The predicted molar refractivity (Wildman–Crippen MR) is 54.9 cm³/mol. The monoisotopic (exact) mass is 188 g/mol. The molecule has 0 saturated heterocycles. The van der Waals surface area contributed by atoms with Gasteiger partial charge in [-0.15, -0.1) is 0 Å². The van der Waals surface area contributed by atoms with Crippen LogP contribution in [0.1, 0.15) is 16.7 Å². The van der Waals surface area contributed by atoms with Crippen molar-refractivity contribution in [1.29, 1.82) is 0 Å². The standard InChI is InChI=1S/C11H12N2O/c1-8-3-2-4-9(5-8)6-10-7-14-13-11(10)12/h2-5,7H,6H2,1H3,(H2,12,13). The Balaban J connectivity index is 2.23. The lowest BCUT2D eigenvalue weighted by molar-refractivity contribution is 0.422. The maximum Gasteiger partial charge on any atom is 0.170 e. The van der Waals surface area contributed by atoms with Gasteiger partial charge in [0.2, 0.25) is 0 Å². The Labute approximate surface area is 82.5 Å². The van der Waals surface area contributed by atoms with Crippen LogP contribution < -0.4 is 5.73 Å². The van der Waals surface area contributed by atoms with Gasteiger partial charge < -0.3 is 10.3 Å². The molecule has 3 heteroatoms. The molecule has 0 spiro atoms. The zero-order chi connectivity index (χ0) is 9.97. The lowest BCUT2D eigenvalue weighted by Crippen LogP contribution is -1.93. The van der Waals surface area contributed by atoms with Gasteiger partial charge in [-0.05, 0) is 12.5 Å². The maximum absolute atomic E-state index is 5.62. The summed E-state index contributed by atoms with van der Waals surface area (Å²) in [6, 6.07) is 8.31. The minimum atomic E-state index is 0.478. The Kier molecular flexibility index (Phi) is 2.23. The summed E-state index contributed by atoms with van der Waals surface area (Å²) in [7, 11) is 0. The minimum absolute atomic E-state index is 0.478. The van der Waals surface area contributed by atoms with Gasteiger partial charge in [-0.3, -0.25) is 0 Å². The number of aromatic nitrogens is 1. The summed E-state index contributed by atoms with van der Waals surface area (Å²) in [4.78, 5) is 0. The number of rotatable bonds is 2. The fraction of sp³-hybridized carbons (Fsp3) is 0.182. The molecule has 0 atom stereocenters. The summed E-state index contributed by atoms with van der Waals surface area (Å²) in [6.07, 6.45) is 2.37. The lowest BCUT2D eigenvalue weighted by Gasteiger charge is -2.00. The van der Waals surface area contributed by atoms with Gasteiger partial charge in [0.05, 0.1) is 0 Å². The highest BCUT2D eigenvalue weighted by molar-refractivity contribution is 5.39. The molecule has 0 radical (unpaired) electrons. The zero-order valence-electron chi connectivity index (χ0n) is 8.03. The van der Waals surface area contributed by atoms with E-state index in [1.807, 2.05) is 6.07 Å². The fourth-order valence-electron chi connectivity index (χ4n) is 1.44. The molecular weight excluding hydrogens is 176 g/mol. The van der Waals surface area contributed by atoms with E-state index in [2.05, 4.69) is 30.3 Å². The molecule has 0 unspecified atom stereocenters. The normalized spacial score (nSPS) is 10.4. The highest BCUT2D eigenvalue weighted by atomic mass is 16.5. The maximum atomic E-state index is 5.62.